The summed E-state index contributed by atoms with van der Waals surface area (Å²) >= 11 is 0. The van der Waals surface area contributed by atoms with Crippen LogP contribution < -0.4 is 19.1 Å². The molecule has 2 heterocycles. The van der Waals surface area contributed by atoms with Crippen LogP contribution in [0.25, 0.3) is 0 Å². The van der Waals surface area contributed by atoms with Crippen molar-refractivity contribution in [3.05, 3.63) is 48.0 Å². The Hall–Kier alpha value is -2.93. The van der Waals surface area contributed by atoms with E-state index in [1.807, 2.05) is 31.2 Å². The maximum absolute atomic E-state index is 13.2. The lowest BCUT2D eigenvalue weighted by molar-refractivity contribution is -0.137. The number of hydrogen-bond donors (Lipinski definition) is 0. The highest BCUT2D eigenvalue weighted by Gasteiger charge is 2.31. The second-order valence-corrected chi connectivity index (χ2v) is 8.98. The van der Waals surface area contributed by atoms with Gasteiger partial charge in [-0.05, 0) is 62.7 Å². The maximum Gasteiger partial charge on any atom is 0.225 e. The molecule has 0 radical (unpaired) electrons. The van der Waals surface area contributed by atoms with Crippen molar-refractivity contribution >= 4 is 11.6 Å². The molecule has 0 aliphatic carbocycles. The SMILES string of the molecule is CCOc1ccccc1N1CCN(C(=O)C2CCN(Cc3cc(OC)cc(OC)c3)CC2)CC1. The molecule has 0 atom stereocenters. The average Bonchev–Trinajstić information content (AvgIpc) is 2.89. The normalized spacial score (nSPS) is 17.5. The summed E-state index contributed by atoms with van der Waals surface area (Å²) in [6.07, 6.45) is 1.82. The second kappa shape index (κ2) is 11.5. The first-order valence-electron chi connectivity index (χ1n) is 12.3. The largest absolute Gasteiger partial charge is 0.497 e. The third-order valence-corrected chi connectivity index (χ3v) is 6.85. The quantitative estimate of drug-likeness (QED) is 0.591. The highest BCUT2D eigenvalue weighted by molar-refractivity contribution is 5.79. The Morgan fingerprint density at radius 3 is 2.18 bits per heavy atom. The Balaban J connectivity index is 1.27. The number of carbonyl (C=O) groups is 1. The summed E-state index contributed by atoms with van der Waals surface area (Å²) in [6.45, 7) is 8.57. The van der Waals surface area contributed by atoms with Crippen molar-refractivity contribution < 1.29 is 19.0 Å². The number of piperazine rings is 1. The molecule has 184 valence electrons. The number of nitrogens with zero attached hydrogens (tertiary/aromatic N) is 3. The Kier molecular flexibility index (Phi) is 8.16. The lowest BCUT2D eigenvalue weighted by atomic mass is 9.94. The topological polar surface area (TPSA) is 54.5 Å². The van der Waals surface area contributed by atoms with Gasteiger partial charge in [0.2, 0.25) is 5.91 Å². The summed E-state index contributed by atoms with van der Waals surface area (Å²) in [4.78, 5) is 20.0. The number of anilines is 1. The smallest absolute Gasteiger partial charge is 0.225 e. The van der Waals surface area contributed by atoms with Crippen LogP contribution in [0.4, 0.5) is 5.69 Å². The lowest BCUT2D eigenvalue weighted by Gasteiger charge is -2.39. The Morgan fingerprint density at radius 2 is 1.56 bits per heavy atom. The number of carbonyl (C=O) groups excluding carboxylic acids is 1. The van der Waals surface area contributed by atoms with Crippen molar-refractivity contribution in [2.24, 2.45) is 5.92 Å². The minimum atomic E-state index is 0.123. The van der Waals surface area contributed by atoms with Gasteiger partial charge in [0.1, 0.15) is 17.2 Å². The molecule has 0 aromatic heterocycles. The van der Waals surface area contributed by atoms with Gasteiger partial charge in [0.25, 0.3) is 0 Å². The standard InChI is InChI=1S/C27H37N3O4/c1-4-34-26-8-6-5-7-25(26)29-13-15-30(16-14-29)27(31)22-9-11-28(12-10-22)20-21-17-23(32-2)19-24(18-21)33-3/h5-8,17-19,22H,4,9-16,20H2,1-3H3. The minimum absolute atomic E-state index is 0.123. The van der Waals surface area contributed by atoms with Crippen LogP contribution in [0.2, 0.25) is 0 Å². The molecular weight excluding hydrogens is 430 g/mol. The van der Waals surface area contributed by atoms with Crippen molar-refractivity contribution in [2.75, 3.05) is 65.0 Å². The zero-order valence-corrected chi connectivity index (χ0v) is 20.7. The zero-order valence-electron chi connectivity index (χ0n) is 20.7. The van der Waals surface area contributed by atoms with Crippen molar-refractivity contribution in [3.8, 4) is 17.2 Å². The summed E-state index contributed by atoms with van der Waals surface area (Å²) in [5.41, 5.74) is 2.29. The van der Waals surface area contributed by atoms with E-state index in [0.29, 0.717) is 12.5 Å². The first-order chi connectivity index (χ1) is 16.6. The number of piperidine rings is 1. The van der Waals surface area contributed by atoms with Gasteiger partial charge in [-0.3, -0.25) is 9.69 Å². The average molecular weight is 468 g/mol. The first kappa shape index (κ1) is 24.2. The van der Waals surface area contributed by atoms with E-state index in [2.05, 4.69) is 32.9 Å². The predicted molar refractivity (Wildman–Crippen MR) is 134 cm³/mol. The molecule has 0 unspecified atom stereocenters. The minimum Gasteiger partial charge on any atom is -0.497 e. The third-order valence-electron chi connectivity index (χ3n) is 6.85. The van der Waals surface area contributed by atoms with Gasteiger partial charge in [-0.1, -0.05) is 12.1 Å². The summed E-state index contributed by atoms with van der Waals surface area (Å²) < 4.78 is 16.6. The number of para-hydroxylation sites is 2. The molecule has 7 nitrogen and oxygen atoms in total. The number of benzene rings is 2. The highest BCUT2D eigenvalue weighted by atomic mass is 16.5. The zero-order chi connectivity index (χ0) is 23.9. The van der Waals surface area contributed by atoms with Gasteiger partial charge in [-0.15, -0.1) is 0 Å². The van der Waals surface area contributed by atoms with E-state index in [4.69, 9.17) is 14.2 Å². The molecule has 2 aromatic rings. The Morgan fingerprint density at radius 1 is 0.912 bits per heavy atom. The van der Waals surface area contributed by atoms with Crippen LogP contribution >= 0.6 is 0 Å². The van der Waals surface area contributed by atoms with E-state index in [9.17, 15) is 4.79 Å². The van der Waals surface area contributed by atoms with E-state index in [0.717, 1.165) is 81.6 Å². The molecule has 1 amide bonds. The predicted octanol–water partition coefficient (Wildman–Crippen LogP) is 3.66. The number of methoxy groups -OCH3 is 2. The van der Waals surface area contributed by atoms with Gasteiger partial charge in [-0.25, -0.2) is 0 Å². The summed E-state index contributed by atoms with van der Waals surface area (Å²) in [7, 11) is 3.35. The summed E-state index contributed by atoms with van der Waals surface area (Å²) in [6, 6.07) is 14.2. The molecule has 0 saturated carbocycles. The molecule has 34 heavy (non-hydrogen) atoms. The van der Waals surface area contributed by atoms with Crippen LogP contribution in [-0.4, -0.2) is 75.8 Å². The molecule has 2 aromatic carbocycles. The maximum atomic E-state index is 13.2. The van der Waals surface area contributed by atoms with Crippen LogP contribution in [0, 0.1) is 5.92 Å². The van der Waals surface area contributed by atoms with Crippen molar-refractivity contribution in [3.63, 3.8) is 0 Å². The van der Waals surface area contributed by atoms with Crippen LogP contribution in [0.15, 0.2) is 42.5 Å². The van der Waals surface area contributed by atoms with E-state index >= 15 is 0 Å². The number of likely N-dealkylation sites (tertiary alicyclic amines) is 1. The van der Waals surface area contributed by atoms with Gasteiger partial charge < -0.3 is 24.0 Å². The van der Waals surface area contributed by atoms with Gasteiger partial charge in [0, 0.05) is 44.7 Å². The Labute approximate surface area is 203 Å². The lowest BCUT2D eigenvalue weighted by Crippen LogP contribution is -2.51. The number of rotatable bonds is 8. The van der Waals surface area contributed by atoms with Gasteiger partial charge in [0.15, 0.2) is 0 Å². The van der Waals surface area contributed by atoms with Crippen molar-refractivity contribution in [1.82, 2.24) is 9.80 Å². The molecule has 2 aliphatic heterocycles. The second-order valence-electron chi connectivity index (χ2n) is 8.98. The molecule has 0 spiro atoms. The Bertz CT molecular complexity index is 928. The van der Waals surface area contributed by atoms with Crippen LogP contribution in [0.3, 0.4) is 0 Å². The molecular formula is C27H37N3O4. The summed E-state index contributed by atoms with van der Waals surface area (Å²) in [5.74, 6) is 2.98. The molecule has 0 N–H and O–H groups in total. The van der Waals surface area contributed by atoms with Gasteiger partial charge >= 0.3 is 0 Å². The van der Waals surface area contributed by atoms with Gasteiger partial charge in [0.05, 0.1) is 26.5 Å². The van der Waals surface area contributed by atoms with E-state index in [-0.39, 0.29) is 5.92 Å². The molecule has 7 heteroatoms. The van der Waals surface area contributed by atoms with Crippen molar-refractivity contribution in [1.29, 1.82) is 0 Å². The molecule has 2 fully saturated rings. The fraction of sp³-hybridized carbons (Fsp3) is 0.519. The number of hydrogen-bond acceptors (Lipinski definition) is 6. The number of ether oxygens (including phenoxy) is 3. The highest BCUT2D eigenvalue weighted by Crippen LogP contribution is 2.30. The fourth-order valence-corrected chi connectivity index (χ4v) is 4.98. The first-order valence-corrected chi connectivity index (χ1v) is 12.3. The molecule has 4 rings (SSSR count). The molecule has 0 bridgehead atoms. The van der Waals surface area contributed by atoms with Crippen molar-refractivity contribution in [2.45, 2.75) is 26.3 Å². The molecule has 2 aliphatic rings. The van der Waals surface area contributed by atoms with E-state index in [1.165, 1.54) is 5.56 Å². The monoisotopic (exact) mass is 467 g/mol. The number of amides is 1. The van der Waals surface area contributed by atoms with Crippen LogP contribution in [0.5, 0.6) is 17.2 Å². The third kappa shape index (κ3) is 5.76. The fourth-order valence-electron chi connectivity index (χ4n) is 4.98. The van der Waals surface area contributed by atoms with E-state index in [1.54, 1.807) is 14.2 Å². The van der Waals surface area contributed by atoms with Crippen LogP contribution in [-0.2, 0) is 11.3 Å². The molecule has 2 saturated heterocycles. The van der Waals surface area contributed by atoms with Gasteiger partial charge in [-0.2, -0.15) is 0 Å². The summed E-state index contributed by atoms with van der Waals surface area (Å²) in [5, 5.41) is 0. The van der Waals surface area contributed by atoms with Crippen LogP contribution in [0.1, 0.15) is 25.3 Å². The van der Waals surface area contributed by atoms with E-state index < -0.39 is 0 Å².